The van der Waals surface area contributed by atoms with E-state index in [9.17, 15) is 4.79 Å². The van der Waals surface area contributed by atoms with Gasteiger partial charge in [0.05, 0.1) is 21.7 Å². The SMILES string of the molecule is CCCC(Br)C(=O)Nc1nc2ccc(OCCOC)cc2s1. The molecule has 7 heteroatoms. The molecule has 120 valence electrons. The molecule has 2 rings (SSSR count). The molecule has 0 saturated heterocycles. The Morgan fingerprint density at radius 1 is 1.45 bits per heavy atom. The van der Waals surface area contributed by atoms with Crippen molar-refractivity contribution in [1.29, 1.82) is 0 Å². The second-order valence-corrected chi connectivity index (χ2v) is 6.87. The number of halogens is 1. The van der Waals surface area contributed by atoms with Gasteiger partial charge in [-0.1, -0.05) is 40.6 Å². The summed E-state index contributed by atoms with van der Waals surface area (Å²) in [4.78, 5) is 16.2. The topological polar surface area (TPSA) is 60.5 Å². The Morgan fingerprint density at radius 3 is 3.00 bits per heavy atom. The van der Waals surface area contributed by atoms with E-state index in [0.717, 1.165) is 28.8 Å². The first-order chi connectivity index (χ1) is 10.6. The highest BCUT2D eigenvalue weighted by Crippen LogP contribution is 2.29. The van der Waals surface area contributed by atoms with Gasteiger partial charge in [-0.15, -0.1) is 0 Å². The second kappa shape index (κ2) is 8.45. The fraction of sp³-hybridized carbons (Fsp3) is 0.467. The van der Waals surface area contributed by atoms with E-state index in [-0.39, 0.29) is 10.7 Å². The van der Waals surface area contributed by atoms with Crippen molar-refractivity contribution in [1.82, 2.24) is 4.98 Å². The largest absolute Gasteiger partial charge is 0.491 e. The summed E-state index contributed by atoms with van der Waals surface area (Å²) in [6.45, 7) is 3.10. The van der Waals surface area contributed by atoms with Gasteiger partial charge >= 0.3 is 0 Å². The molecule has 1 atom stereocenters. The van der Waals surface area contributed by atoms with Crippen molar-refractivity contribution < 1.29 is 14.3 Å². The Labute approximate surface area is 142 Å². The molecule has 1 aromatic heterocycles. The molecule has 5 nitrogen and oxygen atoms in total. The van der Waals surface area contributed by atoms with E-state index in [0.29, 0.717) is 18.3 Å². The maximum Gasteiger partial charge on any atom is 0.239 e. The molecule has 1 unspecified atom stereocenters. The summed E-state index contributed by atoms with van der Waals surface area (Å²) in [6, 6.07) is 5.69. The van der Waals surface area contributed by atoms with Gasteiger partial charge < -0.3 is 14.8 Å². The maximum atomic E-state index is 12.0. The van der Waals surface area contributed by atoms with Crippen LogP contribution in [0.4, 0.5) is 5.13 Å². The van der Waals surface area contributed by atoms with Gasteiger partial charge in [0.15, 0.2) is 5.13 Å². The number of methoxy groups -OCH3 is 1. The Hall–Kier alpha value is -1.18. The Balaban J connectivity index is 2.05. The Bertz CT molecular complexity index is 632. The molecule has 0 spiro atoms. The number of amides is 1. The first-order valence-electron chi connectivity index (χ1n) is 7.11. The molecular formula is C15H19BrN2O3S. The van der Waals surface area contributed by atoms with Gasteiger partial charge in [0, 0.05) is 7.11 Å². The van der Waals surface area contributed by atoms with Crippen LogP contribution in [0.15, 0.2) is 18.2 Å². The first-order valence-corrected chi connectivity index (χ1v) is 8.84. The zero-order valence-electron chi connectivity index (χ0n) is 12.6. The van der Waals surface area contributed by atoms with Crippen LogP contribution in [0, 0.1) is 0 Å². The molecule has 0 radical (unpaired) electrons. The molecule has 1 heterocycles. The van der Waals surface area contributed by atoms with Crippen molar-refractivity contribution in [3.05, 3.63) is 18.2 Å². The summed E-state index contributed by atoms with van der Waals surface area (Å²) in [6.07, 6.45) is 1.75. The Morgan fingerprint density at radius 2 is 2.27 bits per heavy atom. The monoisotopic (exact) mass is 386 g/mol. The molecular weight excluding hydrogens is 368 g/mol. The smallest absolute Gasteiger partial charge is 0.239 e. The van der Waals surface area contributed by atoms with Crippen LogP contribution >= 0.6 is 27.3 Å². The lowest BCUT2D eigenvalue weighted by Crippen LogP contribution is -2.22. The average molecular weight is 387 g/mol. The molecule has 0 saturated carbocycles. The van der Waals surface area contributed by atoms with Crippen LogP contribution in [0.1, 0.15) is 19.8 Å². The van der Waals surface area contributed by atoms with Crippen LogP contribution in [0.3, 0.4) is 0 Å². The van der Waals surface area contributed by atoms with Gasteiger partial charge in [-0.25, -0.2) is 4.98 Å². The predicted molar refractivity (Wildman–Crippen MR) is 93.2 cm³/mol. The molecule has 0 aliphatic heterocycles. The van der Waals surface area contributed by atoms with Crippen molar-refractivity contribution in [2.24, 2.45) is 0 Å². The normalized spacial score (nSPS) is 12.3. The number of carbonyl (C=O) groups excluding carboxylic acids is 1. The zero-order valence-corrected chi connectivity index (χ0v) is 15.0. The van der Waals surface area contributed by atoms with Crippen LogP contribution in [-0.2, 0) is 9.53 Å². The van der Waals surface area contributed by atoms with Gasteiger partial charge in [-0.3, -0.25) is 4.79 Å². The van der Waals surface area contributed by atoms with Gasteiger partial charge in [0.25, 0.3) is 0 Å². The number of carbonyl (C=O) groups is 1. The lowest BCUT2D eigenvalue weighted by atomic mass is 10.2. The number of fused-ring (bicyclic) bond motifs is 1. The summed E-state index contributed by atoms with van der Waals surface area (Å²) < 4.78 is 11.5. The molecule has 2 aromatic rings. The highest BCUT2D eigenvalue weighted by Gasteiger charge is 2.15. The van der Waals surface area contributed by atoms with Crippen LogP contribution in [-0.4, -0.2) is 36.0 Å². The van der Waals surface area contributed by atoms with Crippen molar-refractivity contribution in [3.8, 4) is 5.75 Å². The van der Waals surface area contributed by atoms with Crippen LogP contribution in [0.5, 0.6) is 5.75 Å². The van der Waals surface area contributed by atoms with E-state index in [2.05, 4.69) is 26.2 Å². The van der Waals surface area contributed by atoms with Gasteiger partial charge in [-0.2, -0.15) is 0 Å². The van der Waals surface area contributed by atoms with E-state index >= 15 is 0 Å². The molecule has 0 aliphatic carbocycles. The maximum absolute atomic E-state index is 12.0. The van der Waals surface area contributed by atoms with Gasteiger partial charge in [-0.05, 0) is 24.6 Å². The number of alkyl halides is 1. The minimum Gasteiger partial charge on any atom is -0.491 e. The molecule has 0 bridgehead atoms. The van der Waals surface area contributed by atoms with Gasteiger partial charge in [0.1, 0.15) is 12.4 Å². The molecule has 0 aliphatic rings. The number of ether oxygens (including phenoxy) is 2. The van der Waals surface area contributed by atoms with Crippen LogP contribution in [0.25, 0.3) is 10.2 Å². The highest BCUT2D eigenvalue weighted by atomic mass is 79.9. The molecule has 1 amide bonds. The van der Waals surface area contributed by atoms with Gasteiger partial charge in [0.2, 0.25) is 5.91 Å². The summed E-state index contributed by atoms with van der Waals surface area (Å²) in [5.74, 6) is 0.716. The zero-order chi connectivity index (χ0) is 15.9. The molecule has 1 aromatic carbocycles. The standard InChI is InChI=1S/C15H19BrN2O3S/c1-3-4-11(16)14(19)18-15-17-12-6-5-10(9-13(12)22-15)21-8-7-20-2/h5-6,9,11H,3-4,7-8H2,1-2H3,(H,17,18,19). The van der Waals surface area contributed by atoms with E-state index in [1.165, 1.54) is 11.3 Å². The number of nitrogens with one attached hydrogen (secondary N) is 1. The summed E-state index contributed by atoms with van der Waals surface area (Å²) in [7, 11) is 1.64. The van der Waals surface area contributed by atoms with Crippen molar-refractivity contribution in [3.63, 3.8) is 0 Å². The van der Waals surface area contributed by atoms with E-state index in [1.54, 1.807) is 7.11 Å². The quantitative estimate of drug-likeness (QED) is 0.553. The van der Waals surface area contributed by atoms with E-state index in [1.807, 2.05) is 25.1 Å². The molecule has 22 heavy (non-hydrogen) atoms. The third-order valence-electron chi connectivity index (χ3n) is 2.97. The lowest BCUT2D eigenvalue weighted by molar-refractivity contribution is -0.115. The number of rotatable bonds is 8. The first kappa shape index (κ1) is 17.2. The second-order valence-electron chi connectivity index (χ2n) is 4.74. The number of benzene rings is 1. The number of hydrogen-bond donors (Lipinski definition) is 1. The van der Waals surface area contributed by atoms with Crippen molar-refractivity contribution >= 4 is 48.5 Å². The predicted octanol–water partition coefficient (Wildman–Crippen LogP) is 3.82. The van der Waals surface area contributed by atoms with Crippen molar-refractivity contribution in [2.45, 2.75) is 24.6 Å². The number of thiazole rings is 1. The van der Waals surface area contributed by atoms with Crippen molar-refractivity contribution in [2.75, 3.05) is 25.6 Å². The number of aromatic nitrogens is 1. The minimum absolute atomic E-state index is 0.0579. The van der Waals surface area contributed by atoms with Crippen LogP contribution in [0.2, 0.25) is 0 Å². The number of nitrogens with zero attached hydrogens (tertiary/aromatic N) is 1. The highest BCUT2D eigenvalue weighted by molar-refractivity contribution is 9.10. The third kappa shape index (κ3) is 4.66. The number of anilines is 1. The molecule has 1 N–H and O–H groups in total. The third-order valence-corrected chi connectivity index (χ3v) is 4.78. The molecule has 0 fully saturated rings. The lowest BCUT2D eigenvalue weighted by Gasteiger charge is -2.06. The number of hydrogen-bond acceptors (Lipinski definition) is 5. The van der Waals surface area contributed by atoms with Crippen LogP contribution < -0.4 is 10.1 Å². The fourth-order valence-electron chi connectivity index (χ4n) is 1.86. The summed E-state index contributed by atoms with van der Waals surface area (Å²) >= 11 is 4.82. The Kier molecular flexibility index (Phi) is 6.60. The van der Waals surface area contributed by atoms with E-state index in [4.69, 9.17) is 9.47 Å². The summed E-state index contributed by atoms with van der Waals surface area (Å²) in [5, 5.41) is 3.45. The summed E-state index contributed by atoms with van der Waals surface area (Å²) in [5.41, 5.74) is 0.848. The van der Waals surface area contributed by atoms with E-state index < -0.39 is 0 Å². The fourth-order valence-corrected chi connectivity index (χ4v) is 3.33. The average Bonchev–Trinajstić information content (AvgIpc) is 2.89. The minimum atomic E-state index is -0.183.